The van der Waals surface area contributed by atoms with Crippen LogP contribution in [-0.4, -0.2) is 37.0 Å². The lowest BCUT2D eigenvalue weighted by molar-refractivity contribution is 0.0927. The second kappa shape index (κ2) is 11.7. The van der Waals surface area contributed by atoms with E-state index < -0.39 is 0 Å². The Labute approximate surface area is 200 Å². The Hall–Kier alpha value is -3.09. The first-order chi connectivity index (χ1) is 15.6. The molecule has 7 heteroatoms. The van der Waals surface area contributed by atoms with Gasteiger partial charge in [-0.25, -0.2) is 0 Å². The van der Waals surface area contributed by atoms with Crippen molar-refractivity contribution < 1.29 is 14.3 Å². The molecular formula is C26H30ClN3O3. The van der Waals surface area contributed by atoms with Crippen molar-refractivity contribution in [3.63, 3.8) is 0 Å². The lowest BCUT2D eigenvalue weighted by Crippen LogP contribution is -2.34. The summed E-state index contributed by atoms with van der Waals surface area (Å²) in [6.45, 7) is 0.696. The van der Waals surface area contributed by atoms with E-state index in [2.05, 4.69) is 10.6 Å². The smallest absolute Gasteiger partial charge is 0.251 e. The number of rotatable bonds is 7. The highest BCUT2D eigenvalue weighted by Crippen LogP contribution is 2.23. The molecule has 0 aromatic heterocycles. The summed E-state index contributed by atoms with van der Waals surface area (Å²) in [5, 5.41) is 7.79. The van der Waals surface area contributed by atoms with Gasteiger partial charge < -0.3 is 21.1 Å². The number of hydrogen-bond donors (Lipinski definition) is 3. The summed E-state index contributed by atoms with van der Waals surface area (Å²) in [7, 11) is 0. The van der Waals surface area contributed by atoms with Gasteiger partial charge in [0, 0.05) is 30.3 Å². The first-order valence-electron chi connectivity index (χ1n) is 11.2. The molecular weight excluding hydrogens is 438 g/mol. The molecule has 3 aromatic rings. The summed E-state index contributed by atoms with van der Waals surface area (Å²) < 4.78 is 6.00. The van der Waals surface area contributed by atoms with Gasteiger partial charge in [-0.1, -0.05) is 30.3 Å². The third-order valence-electron chi connectivity index (χ3n) is 5.85. The molecule has 0 saturated heterocycles. The fourth-order valence-electron chi connectivity index (χ4n) is 3.97. The molecule has 0 radical (unpaired) electrons. The second-order valence-corrected chi connectivity index (χ2v) is 8.25. The summed E-state index contributed by atoms with van der Waals surface area (Å²) >= 11 is 0. The number of benzene rings is 3. The van der Waals surface area contributed by atoms with E-state index in [0.717, 1.165) is 42.2 Å². The van der Waals surface area contributed by atoms with Gasteiger partial charge in [0.25, 0.3) is 11.8 Å². The zero-order valence-electron chi connectivity index (χ0n) is 18.5. The summed E-state index contributed by atoms with van der Waals surface area (Å²) in [4.78, 5) is 24.7. The van der Waals surface area contributed by atoms with Crippen molar-refractivity contribution in [3.05, 3.63) is 77.9 Å². The van der Waals surface area contributed by atoms with Crippen LogP contribution >= 0.6 is 12.4 Å². The number of hydrogen-bond acceptors (Lipinski definition) is 4. The summed E-state index contributed by atoms with van der Waals surface area (Å²) in [5.74, 6) is 0.431. The third kappa shape index (κ3) is 6.70. The molecule has 6 nitrogen and oxygen atoms in total. The van der Waals surface area contributed by atoms with Crippen molar-refractivity contribution in [1.29, 1.82) is 0 Å². The molecule has 4 rings (SSSR count). The van der Waals surface area contributed by atoms with Crippen LogP contribution < -0.4 is 21.1 Å². The van der Waals surface area contributed by atoms with Crippen LogP contribution in [0.15, 0.2) is 66.7 Å². The van der Waals surface area contributed by atoms with Crippen LogP contribution in [0.1, 0.15) is 46.4 Å². The van der Waals surface area contributed by atoms with Gasteiger partial charge in [-0.05, 0) is 72.9 Å². The largest absolute Gasteiger partial charge is 0.490 e. The number of amides is 2. The number of fused-ring (bicyclic) bond motifs is 1. The zero-order valence-corrected chi connectivity index (χ0v) is 19.3. The van der Waals surface area contributed by atoms with Crippen molar-refractivity contribution >= 4 is 35.0 Å². The van der Waals surface area contributed by atoms with Gasteiger partial charge in [0.05, 0.1) is 6.10 Å². The topological polar surface area (TPSA) is 93.4 Å². The highest BCUT2D eigenvalue weighted by atomic mass is 35.5. The maximum absolute atomic E-state index is 12.4. The maximum atomic E-state index is 12.4. The molecule has 0 bridgehead atoms. The molecule has 0 heterocycles. The lowest BCUT2D eigenvalue weighted by Gasteiger charge is -2.26. The van der Waals surface area contributed by atoms with Crippen molar-refractivity contribution in [3.8, 4) is 5.75 Å². The minimum absolute atomic E-state index is 0. The van der Waals surface area contributed by atoms with Gasteiger partial charge in [0.1, 0.15) is 5.75 Å². The van der Waals surface area contributed by atoms with Crippen LogP contribution in [0.5, 0.6) is 5.75 Å². The number of ether oxygens (including phenoxy) is 1. The molecule has 1 saturated carbocycles. The van der Waals surface area contributed by atoms with E-state index in [1.807, 2.05) is 54.6 Å². The van der Waals surface area contributed by atoms with E-state index in [1.54, 1.807) is 12.1 Å². The molecule has 1 aliphatic carbocycles. The predicted octanol–water partition coefficient (Wildman–Crippen LogP) is 4.07. The quantitative estimate of drug-likeness (QED) is 0.456. The maximum Gasteiger partial charge on any atom is 0.251 e. The number of nitrogens with two attached hydrogens (primary N) is 1. The van der Waals surface area contributed by atoms with Crippen LogP contribution in [0.4, 0.5) is 0 Å². The Morgan fingerprint density at radius 2 is 1.36 bits per heavy atom. The average Bonchev–Trinajstić information content (AvgIpc) is 2.83. The number of carbonyl (C=O) groups excluding carboxylic acids is 2. The van der Waals surface area contributed by atoms with Crippen LogP contribution in [0.2, 0.25) is 0 Å². The van der Waals surface area contributed by atoms with E-state index in [1.165, 1.54) is 0 Å². The number of nitrogens with one attached hydrogen (secondary N) is 2. The van der Waals surface area contributed by atoms with Crippen molar-refractivity contribution in [2.45, 2.75) is 37.8 Å². The van der Waals surface area contributed by atoms with Gasteiger partial charge in [0.2, 0.25) is 0 Å². The van der Waals surface area contributed by atoms with E-state index in [0.29, 0.717) is 30.3 Å². The Morgan fingerprint density at radius 3 is 2.03 bits per heavy atom. The Kier molecular flexibility index (Phi) is 8.69. The monoisotopic (exact) mass is 467 g/mol. The molecule has 0 atom stereocenters. The predicted molar refractivity (Wildman–Crippen MR) is 133 cm³/mol. The van der Waals surface area contributed by atoms with Gasteiger partial charge in [-0.15, -0.1) is 12.4 Å². The molecule has 0 unspecified atom stereocenters. The molecule has 3 aromatic carbocycles. The molecule has 2 amide bonds. The van der Waals surface area contributed by atoms with Gasteiger partial charge in [0.15, 0.2) is 0 Å². The summed E-state index contributed by atoms with van der Waals surface area (Å²) in [5.41, 5.74) is 7.10. The minimum Gasteiger partial charge on any atom is -0.490 e. The van der Waals surface area contributed by atoms with E-state index in [-0.39, 0.29) is 30.3 Å². The summed E-state index contributed by atoms with van der Waals surface area (Å²) in [6, 6.07) is 21.0. The Morgan fingerprint density at radius 1 is 0.788 bits per heavy atom. The van der Waals surface area contributed by atoms with E-state index in [4.69, 9.17) is 10.5 Å². The molecule has 1 fully saturated rings. The molecule has 4 N–H and O–H groups in total. The third-order valence-corrected chi connectivity index (χ3v) is 5.85. The van der Waals surface area contributed by atoms with Crippen molar-refractivity contribution in [1.82, 2.24) is 10.6 Å². The van der Waals surface area contributed by atoms with Gasteiger partial charge in [-0.2, -0.15) is 0 Å². The standard InChI is InChI=1S/C26H29N3O3.ClH/c27-22-9-13-24(14-10-22)32-23-11-7-19(8-12-23)25(30)28-15-16-29-26(31)21-6-5-18-3-1-2-4-20(18)17-21;/h1-8,11-12,17,22,24H,9-10,13-16,27H2,(H,28,30)(H,29,31);1H. The normalized spacial score (nSPS) is 17.6. The molecule has 174 valence electrons. The van der Waals surface area contributed by atoms with Crippen molar-refractivity contribution in [2.24, 2.45) is 5.73 Å². The highest BCUT2D eigenvalue weighted by Gasteiger charge is 2.19. The zero-order chi connectivity index (χ0) is 22.3. The van der Waals surface area contributed by atoms with Gasteiger partial charge in [-0.3, -0.25) is 9.59 Å². The minimum atomic E-state index is -0.180. The van der Waals surface area contributed by atoms with Crippen molar-refractivity contribution in [2.75, 3.05) is 13.1 Å². The SMILES string of the molecule is Cl.NC1CCC(Oc2ccc(C(=O)NCCNC(=O)c3ccc4ccccc4c3)cc2)CC1. The number of carbonyl (C=O) groups is 2. The Bertz CT molecular complexity index is 1080. The van der Waals surface area contributed by atoms with Crippen LogP contribution in [-0.2, 0) is 0 Å². The summed E-state index contributed by atoms with van der Waals surface area (Å²) in [6.07, 6.45) is 4.11. The lowest BCUT2D eigenvalue weighted by atomic mass is 9.94. The fourth-order valence-corrected chi connectivity index (χ4v) is 3.97. The van der Waals surface area contributed by atoms with E-state index in [9.17, 15) is 9.59 Å². The molecule has 33 heavy (non-hydrogen) atoms. The molecule has 0 aliphatic heterocycles. The highest BCUT2D eigenvalue weighted by molar-refractivity contribution is 5.98. The van der Waals surface area contributed by atoms with Crippen LogP contribution in [0.25, 0.3) is 10.8 Å². The van der Waals surface area contributed by atoms with Crippen LogP contribution in [0, 0.1) is 0 Å². The van der Waals surface area contributed by atoms with Gasteiger partial charge >= 0.3 is 0 Å². The average molecular weight is 468 g/mol. The first kappa shape index (κ1) is 24.6. The second-order valence-electron chi connectivity index (χ2n) is 8.25. The van der Waals surface area contributed by atoms with Crippen LogP contribution in [0.3, 0.4) is 0 Å². The fraction of sp³-hybridized carbons (Fsp3) is 0.308. The molecule has 1 aliphatic rings. The first-order valence-corrected chi connectivity index (χ1v) is 11.2. The molecule has 0 spiro atoms. The number of halogens is 1. The Balaban J connectivity index is 0.00000306. The van der Waals surface area contributed by atoms with E-state index >= 15 is 0 Å².